The molecule has 0 fully saturated rings. The predicted molar refractivity (Wildman–Crippen MR) is 193 cm³/mol. The number of methoxy groups -OCH3 is 2. The Balaban J connectivity index is 1.65. The number of carbonyl (C=O) groups is 4. The van der Waals surface area contributed by atoms with Crippen LogP contribution in [-0.4, -0.2) is 59.4 Å². The third-order valence-corrected chi connectivity index (χ3v) is 9.43. The van der Waals surface area contributed by atoms with Crippen molar-refractivity contribution in [2.45, 2.75) is 80.1 Å². The first-order valence-electron chi connectivity index (χ1n) is 17.0. The number of nitrogens with zero attached hydrogens (tertiary/aromatic N) is 2. The minimum absolute atomic E-state index is 0.0905. The van der Waals surface area contributed by atoms with Crippen LogP contribution in [0.2, 0.25) is 0 Å². The molecule has 0 aromatic heterocycles. The second-order valence-electron chi connectivity index (χ2n) is 14.3. The van der Waals surface area contributed by atoms with Gasteiger partial charge in [0.15, 0.2) is 11.6 Å². The summed E-state index contributed by atoms with van der Waals surface area (Å²) in [7, 11) is 2.53. The number of esters is 2. The Morgan fingerprint density at radius 1 is 0.640 bits per heavy atom. The molecule has 4 rings (SSSR count). The van der Waals surface area contributed by atoms with Crippen LogP contribution in [-0.2, 0) is 28.7 Å². The highest BCUT2D eigenvalue weighted by molar-refractivity contribution is 6.25. The average Bonchev–Trinajstić information content (AvgIpc) is 3.04. The van der Waals surface area contributed by atoms with Gasteiger partial charge in [-0.1, -0.05) is 65.8 Å². The first-order chi connectivity index (χ1) is 23.6. The molecular weight excluding hydrogens is 636 g/mol. The van der Waals surface area contributed by atoms with E-state index in [9.17, 15) is 29.4 Å². The standard InChI is InChI=1S/C40H48N2O8/c1-9-11-29(43)31-27(21-39(3,4)33(35(31)45)37(47)49-7)41-25-17-13-23(14-18-25)24-15-19-26(20-16-24)42-28-22-40(5,6)34(38(48)50-8)36(46)32(28)30(44)12-10-2/h13-20,33-34,45-46H,9-12,21-22H2,1-8H3. The molecular formula is C40H48N2O8. The number of aliphatic hydroxyl groups is 2. The van der Waals surface area contributed by atoms with Crippen LogP contribution in [0, 0.1) is 22.7 Å². The van der Waals surface area contributed by atoms with Gasteiger partial charge in [0.05, 0.1) is 48.2 Å². The number of aliphatic imine (C=N–C) groups is 2. The maximum absolute atomic E-state index is 13.1. The molecule has 0 heterocycles. The zero-order valence-corrected chi connectivity index (χ0v) is 30.3. The van der Waals surface area contributed by atoms with Gasteiger partial charge >= 0.3 is 11.9 Å². The Kier molecular flexibility index (Phi) is 11.7. The van der Waals surface area contributed by atoms with Crippen molar-refractivity contribution < 1.29 is 38.9 Å². The third-order valence-electron chi connectivity index (χ3n) is 9.43. The summed E-state index contributed by atoms with van der Waals surface area (Å²) >= 11 is 0. The van der Waals surface area contributed by atoms with E-state index in [2.05, 4.69) is 0 Å². The van der Waals surface area contributed by atoms with E-state index in [0.717, 1.165) is 11.1 Å². The molecule has 2 aromatic carbocycles. The number of ketones is 2. The summed E-state index contributed by atoms with van der Waals surface area (Å²) in [4.78, 5) is 61.1. The summed E-state index contributed by atoms with van der Waals surface area (Å²) in [6.07, 6.45) is 2.19. The van der Waals surface area contributed by atoms with E-state index in [1.165, 1.54) is 14.2 Å². The molecule has 266 valence electrons. The van der Waals surface area contributed by atoms with Crippen LogP contribution >= 0.6 is 0 Å². The number of hydrogen-bond acceptors (Lipinski definition) is 10. The van der Waals surface area contributed by atoms with Gasteiger partial charge in [-0.05, 0) is 71.9 Å². The summed E-state index contributed by atoms with van der Waals surface area (Å²) in [6.45, 7) is 11.1. The molecule has 0 aliphatic heterocycles. The molecule has 50 heavy (non-hydrogen) atoms. The average molecular weight is 685 g/mol. The van der Waals surface area contributed by atoms with Gasteiger partial charge < -0.3 is 19.7 Å². The molecule has 10 heteroatoms. The smallest absolute Gasteiger partial charge is 0.316 e. The maximum atomic E-state index is 13.1. The number of aliphatic hydroxyl groups excluding tert-OH is 2. The minimum atomic E-state index is -0.968. The normalized spacial score (nSPS) is 21.7. The van der Waals surface area contributed by atoms with E-state index in [1.807, 2.05) is 90.1 Å². The van der Waals surface area contributed by atoms with Crippen LogP contribution in [0.4, 0.5) is 11.4 Å². The lowest BCUT2D eigenvalue weighted by Crippen LogP contribution is -2.41. The first kappa shape index (κ1) is 38.0. The zero-order valence-electron chi connectivity index (χ0n) is 30.3. The van der Waals surface area contributed by atoms with Crippen molar-refractivity contribution in [3.8, 4) is 11.1 Å². The number of allylic oxidation sites excluding steroid dienone is 2. The van der Waals surface area contributed by atoms with E-state index in [0.29, 0.717) is 48.5 Å². The number of Topliss-reactive ketones (excluding diaryl/α,β-unsaturated/α-hetero) is 2. The largest absolute Gasteiger partial charge is 0.511 e. The van der Waals surface area contributed by atoms with Gasteiger partial charge in [-0.15, -0.1) is 0 Å². The molecule has 0 saturated carbocycles. The van der Waals surface area contributed by atoms with Crippen LogP contribution < -0.4 is 0 Å². The van der Waals surface area contributed by atoms with E-state index >= 15 is 0 Å². The molecule has 2 N–H and O–H groups in total. The van der Waals surface area contributed by atoms with Gasteiger partial charge in [0.1, 0.15) is 23.4 Å². The third kappa shape index (κ3) is 7.79. The molecule has 2 aliphatic rings. The van der Waals surface area contributed by atoms with Gasteiger partial charge in [-0.3, -0.25) is 29.2 Å². The molecule has 2 atom stereocenters. The van der Waals surface area contributed by atoms with Crippen molar-refractivity contribution in [2.24, 2.45) is 32.7 Å². The maximum Gasteiger partial charge on any atom is 0.316 e. The fourth-order valence-corrected chi connectivity index (χ4v) is 6.94. The highest BCUT2D eigenvalue weighted by Gasteiger charge is 2.48. The van der Waals surface area contributed by atoms with Crippen LogP contribution in [0.5, 0.6) is 0 Å². The number of carbonyl (C=O) groups excluding carboxylic acids is 4. The van der Waals surface area contributed by atoms with Crippen LogP contribution in [0.25, 0.3) is 11.1 Å². The lowest BCUT2D eigenvalue weighted by atomic mass is 9.67. The Bertz CT molecular complexity index is 1640. The van der Waals surface area contributed by atoms with E-state index in [1.54, 1.807) is 0 Å². The van der Waals surface area contributed by atoms with E-state index in [-0.39, 0.29) is 47.1 Å². The Labute approximate surface area is 294 Å². The van der Waals surface area contributed by atoms with Crippen molar-refractivity contribution in [1.82, 2.24) is 0 Å². The fraction of sp³-hybridized carbons (Fsp3) is 0.450. The van der Waals surface area contributed by atoms with Gasteiger partial charge in [-0.2, -0.15) is 0 Å². The van der Waals surface area contributed by atoms with Gasteiger partial charge in [0, 0.05) is 12.8 Å². The van der Waals surface area contributed by atoms with E-state index in [4.69, 9.17) is 19.5 Å². The molecule has 10 nitrogen and oxygen atoms in total. The Morgan fingerprint density at radius 3 is 1.24 bits per heavy atom. The SMILES string of the molecule is CCCC(=O)C1=C(O)C(C(=O)OC)C(C)(C)CC1=Nc1ccc(-c2ccc(N=C3CC(C)(C)C(C(=O)OC)C(O)=C3C(=O)CCC)cc2)cc1. The van der Waals surface area contributed by atoms with E-state index < -0.39 is 34.6 Å². The Morgan fingerprint density at radius 2 is 0.960 bits per heavy atom. The molecule has 2 aliphatic carbocycles. The van der Waals surface area contributed by atoms with Crippen molar-refractivity contribution >= 4 is 46.3 Å². The monoisotopic (exact) mass is 684 g/mol. The lowest BCUT2D eigenvalue weighted by molar-refractivity contribution is -0.150. The van der Waals surface area contributed by atoms with Crippen molar-refractivity contribution in [2.75, 3.05) is 14.2 Å². The van der Waals surface area contributed by atoms with Crippen molar-refractivity contribution in [3.05, 3.63) is 71.2 Å². The lowest BCUT2D eigenvalue weighted by Gasteiger charge is -2.37. The molecule has 0 radical (unpaired) electrons. The van der Waals surface area contributed by atoms with Crippen LogP contribution in [0.15, 0.2) is 81.2 Å². The van der Waals surface area contributed by atoms with Crippen molar-refractivity contribution in [3.63, 3.8) is 0 Å². The summed E-state index contributed by atoms with van der Waals surface area (Å²) < 4.78 is 9.91. The Hall–Kier alpha value is -4.86. The number of hydrogen-bond donors (Lipinski definition) is 2. The molecule has 0 amide bonds. The topological polar surface area (TPSA) is 152 Å². The molecule has 2 unspecified atom stereocenters. The zero-order chi connectivity index (χ0) is 37.0. The fourth-order valence-electron chi connectivity index (χ4n) is 6.94. The van der Waals surface area contributed by atoms with Crippen molar-refractivity contribution in [1.29, 1.82) is 0 Å². The minimum Gasteiger partial charge on any atom is -0.511 e. The molecule has 2 aromatic rings. The van der Waals surface area contributed by atoms with Crippen LogP contribution in [0.1, 0.15) is 80.1 Å². The number of benzene rings is 2. The number of rotatable bonds is 11. The summed E-state index contributed by atoms with van der Waals surface area (Å²) in [5.41, 5.74) is 2.58. The highest BCUT2D eigenvalue weighted by Crippen LogP contribution is 2.45. The second-order valence-corrected chi connectivity index (χ2v) is 14.3. The van der Waals surface area contributed by atoms with Gasteiger partial charge in [-0.25, -0.2) is 0 Å². The molecule has 0 saturated heterocycles. The van der Waals surface area contributed by atoms with Gasteiger partial charge in [0.25, 0.3) is 0 Å². The highest BCUT2D eigenvalue weighted by atomic mass is 16.5. The summed E-state index contributed by atoms with van der Waals surface area (Å²) in [5, 5.41) is 22.4. The summed E-state index contributed by atoms with van der Waals surface area (Å²) in [5.74, 6) is -4.23. The molecule has 0 bridgehead atoms. The van der Waals surface area contributed by atoms with Crippen LogP contribution in [0.3, 0.4) is 0 Å². The van der Waals surface area contributed by atoms with Gasteiger partial charge in [0.2, 0.25) is 0 Å². The summed E-state index contributed by atoms with van der Waals surface area (Å²) in [6, 6.07) is 14.9. The quantitative estimate of drug-likeness (QED) is 0.224. The first-order valence-corrected chi connectivity index (χ1v) is 17.0. The predicted octanol–water partition coefficient (Wildman–Crippen LogP) is 8.30. The number of ether oxygens (including phenoxy) is 2. The second kappa shape index (κ2) is 15.4. The molecule has 0 spiro atoms.